The number of piperidine rings is 1. The van der Waals surface area contributed by atoms with Gasteiger partial charge in [0.05, 0.1) is 12.3 Å². The molecule has 1 aromatic heterocycles. The fraction of sp³-hybridized carbons (Fsp3) is 0.571. The number of anilines is 1. The van der Waals surface area contributed by atoms with Gasteiger partial charge in [-0.15, -0.1) is 0 Å². The molecule has 104 valence electrons. The van der Waals surface area contributed by atoms with Crippen molar-refractivity contribution < 1.29 is 9.53 Å². The highest BCUT2D eigenvalue weighted by Gasteiger charge is 2.23. The van der Waals surface area contributed by atoms with Crippen LogP contribution >= 0.6 is 0 Å². The lowest BCUT2D eigenvalue weighted by atomic mass is 10.1. The largest absolute Gasteiger partial charge is 0.450 e. The minimum Gasteiger partial charge on any atom is -0.450 e. The van der Waals surface area contributed by atoms with Crippen molar-refractivity contribution in [2.45, 2.75) is 32.7 Å². The molecule has 1 aromatic rings. The lowest BCUT2D eigenvalue weighted by molar-refractivity contribution is 0.0983. The maximum Gasteiger partial charge on any atom is 0.409 e. The minimum atomic E-state index is -0.196. The predicted octanol–water partition coefficient (Wildman–Crippen LogP) is 2.42. The number of nitrogens with one attached hydrogen (secondary N) is 1. The summed E-state index contributed by atoms with van der Waals surface area (Å²) < 4.78 is 5.01. The predicted molar refractivity (Wildman–Crippen MR) is 74.2 cm³/mol. The van der Waals surface area contributed by atoms with Crippen LogP contribution in [0.1, 0.15) is 25.3 Å². The molecule has 19 heavy (non-hydrogen) atoms. The Kier molecular flexibility index (Phi) is 4.60. The highest BCUT2D eigenvalue weighted by atomic mass is 16.6. The lowest BCUT2D eigenvalue weighted by Gasteiger charge is -2.32. The SMILES string of the molecule is CCOC(=O)N1CCC(Nc2cncc(C)c2)CC1. The lowest BCUT2D eigenvalue weighted by Crippen LogP contribution is -2.42. The summed E-state index contributed by atoms with van der Waals surface area (Å²) in [4.78, 5) is 17.5. The summed E-state index contributed by atoms with van der Waals surface area (Å²) in [6, 6.07) is 2.49. The second-order valence-corrected chi connectivity index (χ2v) is 4.86. The van der Waals surface area contributed by atoms with Gasteiger partial charge in [-0.1, -0.05) is 0 Å². The average molecular weight is 263 g/mol. The van der Waals surface area contributed by atoms with Gasteiger partial charge in [-0.05, 0) is 38.3 Å². The molecular weight excluding hydrogens is 242 g/mol. The molecule has 5 nitrogen and oxygen atoms in total. The number of likely N-dealkylation sites (tertiary alicyclic amines) is 1. The van der Waals surface area contributed by atoms with E-state index < -0.39 is 0 Å². The summed E-state index contributed by atoms with van der Waals surface area (Å²) in [6.07, 6.45) is 5.36. The van der Waals surface area contributed by atoms with Crippen molar-refractivity contribution >= 4 is 11.8 Å². The number of pyridine rings is 1. The van der Waals surface area contributed by atoms with E-state index in [0.717, 1.165) is 37.2 Å². The van der Waals surface area contributed by atoms with Crippen LogP contribution in [0.3, 0.4) is 0 Å². The molecule has 1 saturated heterocycles. The number of carbonyl (C=O) groups is 1. The Morgan fingerprint density at radius 3 is 2.84 bits per heavy atom. The number of hydrogen-bond donors (Lipinski definition) is 1. The van der Waals surface area contributed by atoms with Crippen molar-refractivity contribution in [3.8, 4) is 0 Å². The molecule has 2 heterocycles. The number of rotatable bonds is 3. The Bertz CT molecular complexity index is 428. The van der Waals surface area contributed by atoms with Gasteiger partial charge in [0.2, 0.25) is 0 Å². The molecule has 1 fully saturated rings. The van der Waals surface area contributed by atoms with Gasteiger partial charge in [0.1, 0.15) is 0 Å². The number of hydrogen-bond acceptors (Lipinski definition) is 4. The zero-order valence-electron chi connectivity index (χ0n) is 11.6. The molecule has 0 radical (unpaired) electrons. The number of nitrogens with zero attached hydrogens (tertiary/aromatic N) is 2. The van der Waals surface area contributed by atoms with Gasteiger partial charge in [0.15, 0.2) is 0 Å². The van der Waals surface area contributed by atoms with E-state index in [1.165, 1.54) is 0 Å². The van der Waals surface area contributed by atoms with Gasteiger partial charge in [0, 0.05) is 31.5 Å². The van der Waals surface area contributed by atoms with Gasteiger partial charge in [-0.2, -0.15) is 0 Å². The van der Waals surface area contributed by atoms with E-state index in [1.54, 1.807) is 4.90 Å². The van der Waals surface area contributed by atoms with Crippen LogP contribution in [0.4, 0.5) is 10.5 Å². The summed E-state index contributed by atoms with van der Waals surface area (Å²) in [6.45, 7) is 5.79. The highest BCUT2D eigenvalue weighted by molar-refractivity contribution is 5.67. The van der Waals surface area contributed by atoms with E-state index in [-0.39, 0.29) is 6.09 Å². The second kappa shape index (κ2) is 6.41. The number of aromatic nitrogens is 1. The molecule has 0 atom stereocenters. The molecule has 1 N–H and O–H groups in total. The quantitative estimate of drug-likeness (QED) is 0.910. The normalized spacial score (nSPS) is 16.2. The number of carbonyl (C=O) groups excluding carboxylic acids is 1. The Morgan fingerprint density at radius 1 is 1.47 bits per heavy atom. The topological polar surface area (TPSA) is 54.5 Å². The minimum absolute atomic E-state index is 0.196. The number of ether oxygens (including phenoxy) is 1. The average Bonchev–Trinajstić information content (AvgIpc) is 2.40. The van der Waals surface area contributed by atoms with Gasteiger partial charge in [-0.25, -0.2) is 4.79 Å². The molecule has 0 bridgehead atoms. The van der Waals surface area contributed by atoms with E-state index in [9.17, 15) is 4.79 Å². The van der Waals surface area contributed by atoms with Crippen molar-refractivity contribution in [3.05, 3.63) is 24.0 Å². The number of amides is 1. The maximum absolute atomic E-state index is 11.6. The molecule has 1 aliphatic heterocycles. The van der Waals surface area contributed by atoms with Gasteiger partial charge in [0.25, 0.3) is 0 Å². The third-order valence-corrected chi connectivity index (χ3v) is 3.27. The first-order valence-corrected chi connectivity index (χ1v) is 6.79. The third kappa shape index (κ3) is 3.84. The molecule has 5 heteroatoms. The van der Waals surface area contributed by atoms with E-state index in [4.69, 9.17) is 4.74 Å². The second-order valence-electron chi connectivity index (χ2n) is 4.86. The van der Waals surface area contributed by atoms with Crippen LogP contribution in [0, 0.1) is 6.92 Å². The number of aryl methyl sites for hydroxylation is 1. The molecule has 1 aliphatic rings. The van der Waals surface area contributed by atoms with E-state index >= 15 is 0 Å². The summed E-state index contributed by atoms with van der Waals surface area (Å²) >= 11 is 0. The fourth-order valence-electron chi connectivity index (χ4n) is 2.29. The van der Waals surface area contributed by atoms with Gasteiger partial charge < -0.3 is 15.0 Å². The monoisotopic (exact) mass is 263 g/mol. The van der Waals surface area contributed by atoms with Crippen LogP contribution in [0.15, 0.2) is 18.5 Å². The third-order valence-electron chi connectivity index (χ3n) is 3.27. The molecule has 0 saturated carbocycles. The summed E-state index contributed by atoms with van der Waals surface area (Å²) in [5.74, 6) is 0. The Hall–Kier alpha value is -1.78. The maximum atomic E-state index is 11.6. The van der Waals surface area contributed by atoms with Crippen molar-refractivity contribution in [1.29, 1.82) is 0 Å². The van der Waals surface area contributed by atoms with Crippen LogP contribution in [-0.2, 0) is 4.74 Å². The zero-order chi connectivity index (χ0) is 13.7. The first-order chi connectivity index (χ1) is 9.19. The van der Waals surface area contributed by atoms with Crippen molar-refractivity contribution in [1.82, 2.24) is 9.88 Å². The molecule has 0 spiro atoms. The van der Waals surface area contributed by atoms with Gasteiger partial charge in [-0.3, -0.25) is 4.98 Å². The van der Waals surface area contributed by atoms with Crippen LogP contribution < -0.4 is 5.32 Å². The molecule has 0 unspecified atom stereocenters. The van der Waals surface area contributed by atoms with Crippen LogP contribution in [0.2, 0.25) is 0 Å². The first-order valence-electron chi connectivity index (χ1n) is 6.79. The van der Waals surface area contributed by atoms with Crippen LogP contribution in [-0.4, -0.2) is 41.7 Å². The summed E-state index contributed by atoms with van der Waals surface area (Å²) in [5, 5.41) is 3.47. The summed E-state index contributed by atoms with van der Waals surface area (Å²) in [7, 11) is 0. The first kappa shape index (κ1) is 13.6. The standard InChI is InChI=1S/C14H21N3O2/c1-3-19-14(18)17-6-4-12(5-7-17)16-13-8-11(2)9-15-10-13/h8-10,12,16H,3-7H2,1-2H3. The van der Waals surface area contributed by atoms with Crippen LogP contribution in [0.5, 0.6) is 0 Å². The molecular formula is C14H21N3O2. The highest BCUT2D eigenvalue weighted by Crippen LogP contribution is 2.17. The van der Waals surface area contributed by atoms with E-state index in [1.807, 2.05) is 26.2 Å². The van der Waals surface area contributed by atoms with Crippen molar-refractivity contribution in [3.63, 3.8) is 0 Å². The Morgan fingerprint density at radius 2 is 2.21 bits per heavy atom. The van der Waals surface area contributed by atoms with Crippen molar-refractivity contribution in [2.75, 3.05) is 25.0 Å². The smallest absolute Gasteiger partial charge is 0.409 e. The zero-order valence-corrected chi connectivity index (χ0v) is 11.6. The van der Waals surface area contributed by atoms with Crippen molar-refractivity contribution in [2.24, 2.45) is 0 Å². The molecule has 0 aliphatic carbocycles. The van der Waals surface area contributed by atoms with E-state index in [0.29, 0.717) is 12.6 Å². The molecule has 2 rings (SSSR count). The summed E-state index contributed by atoms with van der Waals surface area (Å²) in [5.41, 5.74) is 2.20. The molecule has 0 aromatic carbocycles. The molecule has 1 amide bonds. The Labute approximate surface area is 114 Å². The fourth-order valence-corrected chi connectivity index (χ4v) is 2.29. The van der Waals surface area contributed by atoms with Crippen LogP contribution in [0.25, 0.3) is 0 Å². The Balaban J connectivity index is 1.82. The van der Waals surface area contributed by atoms with E-state index in [2.05, 4.69) is 16.4 Å². The van der Waals surface area contributed by atoms with Gasteiger partial charge >= 0.3 is 6.09 Å².